The lowest BCUT2D eigenvalue weighted by Crippen LogP contribution is -2.19. The monoisotopic (exact) mass is 323 g/mol. The number of hydrogen-bond donors (Lipinski definition) is 1. The highest BCUT2D eigenvalue weighted by Crippen LogP contribution is 2.28. The van der Waals surface area contributed by atoms with Crippen LogP contribution in [0.4, 0.5) is 11.4 Å². The highest BCUT2D eigenvalue weighted by molar-refractivity contribution is 5.81. The number of anilines is 2. The van der Waals surface area contributed by atoms with E-state index >= 15 is 0 Å². The van der Waals surface area contributed by atoms with Gasteiger partial charge in [-0.1, -0.05) is 32.9 Å². The summed E-state index contributed by atoms with van der Waals surface area (Å²) in [6.07, 6.45) is 1.11. The summed E-state index contributed by atoms with van der Waals surface area (Å²) in [6.45, 7) is 6.74. The average Bonchev–Trinajstić information content (AvgIpc) is 2.80. The van der Waals surface area contributed by atoms with Crippen molar-refractivity contribution in [3.05, 3.63) is 58.5 Å². The molecule has 0 saturated heterocycles. The van der Waals surface area contributed by atoms with Crippen LogP contribution in [0.15, 0.2) is 47.3 Å². The van der Waals surface area contributed by atoms with Crippen molar-refractivity contribution in [1.29, 1.82) is 0 Å². The highest BCUT2D eigenvalue weighted by Gasteiger charge is 2.17. The molecule has 0 bridgehead atoms. The van der Waals surface area contributed by atoms with Crippen LogP contribution in [0.2, 0.25) is 0 Å². The van der Waals surface area contributed by atoms with Crippen LogP contribution in [0, 0.1) is 0 Å². The van der Waals surface area contributed by atoms with Crippen molar-refractivity contribution in [2.45, 2.75) is 32.6 Å². The third kappa shape index (κ3) is 2.73. The predicted octanol–water partition coefficient (Wildman–Crippen LogP) is 4.31. The fraction of sp³-hybridized carbons (Fsp3) is 0.350. The third-order valence-corrected chi connectivity index (χ3v) is 5.11. The van der Waals surface area contributed by atoms with Gasteiger partial charge in [-0.15, -0.1) is 0 Å². The van der Waals surface area contributed by atoms with Gasteiger partial charge in [-0.05, 0) is 47.7 Å². The van der Waals surface area contributed by atoms with Crippen LogP contribution in [-0.4, -0.2) is 9.13 Å². The number of nitrogens with one attached hydrogen (secondary N) is 1. The summed E-state index contributed by atoms with van der Waals surface area (Å²) in [5, 5.41) is 3.42. The van der Waals surface area contributed by atoms with E-state index in [0.717, 1.165) is 28.8 Å². The lowest BCUT2D eigenvalue weighted by Gasteiger charge is -2.23. The smallest absolute Gasteiger partial charge is 0.328 e. The van der Waals surface area contributed by atoms with Crippen molar-refractivity contribution < 1.29 is 0 Å². The van der Waals surface area contributed by atoms with Gasteiger partial charge in [0.25, 0.3) is 0 Å². The number of benzene rings is 2. The first-order valence-electron chi connectivity index (χ1n) is 8.36. The van der Waals surface area contributed by atoms with Crippen molar-refractivity contribution >= 4 is 22.4 Å². The number of aryl methyl sites for hydroxylation is 2. The molecule has 0 fully saturated rings. The Kier molecular flexibility index (Phi) is 3.99. The van der Waals surface area contributed by atoms with Gasteiger partial charge < -0.3 is 5.32 Å². The maximum atomic E-state index is 12.0. The van der Waals surface area contributed by atoms with Gasteiger partial charge in [0.1, 0.15) is 0 Å². The average molecular weight is 323 g/mol. The topological polar surface area (TPSA) is 39.0 Å². The van der Waals surface area contributed by atoms with Gasteiger partial charge in [-0.2, -0.15) is 0 Å². The van der Waals surface area contributed by atoms with Crippen LogP contribution < -0.4 is 11.0 Å². The quantitative estimate of drug-likeness (QED) is 0.777. The highest BCUT2D eigenvalue weighted by atomic mass is 16.1. The molecule has 0 aliphatic heterocycles. The normalized spacial score (nSPS) is 11.9. The zero-order valence-corrected chi connectivity index (χ0v) is 15.1. The molecule has 0 saturated carbocycles. The molecule has 1 N–H and O–H groups in total. The zero-order valence-electron chi connectivity index (χ0n) is 15.1. The maximum absolute atomic E-state index is 12.0. The Balaban J connectivity index is 1.90. The summed E-state index contributed by atoms with van der Waals surface area (Å²) < 4.78 is 3.34. The van der Waals surface area contributed by atoms with Crippen molar-refractivity contribution in [1.82, 2.24) is 9.13 Å². The predicted molar refractivity (Wildman–Crippen MR) is 101 cm³/mol. The van der Waals surface area contributed by atoms with Crippen LogP contribution in [0.3, 0.4) is 0 Å². The number of imidazole rings is 1. The molecule has 3 aromatic rings. The van der Waals surface area contributed by atoms with Gasteiger partial charge in [-0.25, -0.2) is 4.79 Å². The number of fused-ring (bicyclic) bond motifs is 1. The van der Waals surface area contributed by atoms with Gasteiger partial charge in [0.05, 0.1) is 11.0 Å². The molecule has 126 valence electrons. The number of nitrogens with zero attached hydrogens (tertiary/aromatic N) is 2. The van der Waals surface area contributed by atoms with Crippen LogP contribution in [-0.2, 0) is 19.5 Å². The minimum absolute atomic E-state index is 0.00620. The second kappa shape index (κ2) is 5.86. The molecular weight excluding hydrogens is 298 g/mol. The lowest BCUT2D eigenvalue weighted by atomic mass is 9.82. The fourth-order valence-electron chi connectivity index (χ4n) is 2.96. The van der Waals surface area contributed by atoms with Crippen molar-refractivity contribution in [3.63, 3.8) is 0 Å². The van der Waals surface area contributed by atoms with E-state index in [-0.39, 0.29) is 11.1 Å². The van der Waals surface area contributed by atoms with E-state index in [2.05, 4.69) is 50.4 Å². The van der Waals surface area contributed by atoms with Crippen LogP contribution in [0.5, 0.6) is 0 Å². The summed E-state index contributed by atoms with van der Waals surface area (Å²) in [5.41, 5.74) is 5.42. The molecule has 0 radical (unpaired) electrons. The number of hydrogen-bond acceptors (Lipinski definition) is 2. The Bertz CT molecular complexity index is 930. The largest absolute Gasteiger partial charge is 0.355 e. The summed E-state index contributed by atoms with van der Waals surface area (Å²) in [6, 6.07) is 14.6. The molecule has 0 aliphatic carbocycles. The number of rotatable bonds is 4. The molecule has 0 unspecified atom stereocenters. The van der Waals surface area contributed by atoms with Gasteiger partial charge in [-0.3, -0.25) is 9.13 Å². The first kappa shape index (κ1) is 16.4. The first-order valence-corrected chi connectivity index (χ1v) is 8.36. The maximum Gasteiger partial charge on any atom is 0.328 e. The molecule has 2 aromatic carbocycles. The van der Waals surface area contributed by atoms with Crippen LogP contribution >= 0.6 is 0 Å². The standard InChI is InChI=1S/C20H25N3O/c1-6-20(2,3)14-7-9-15(10-8-14)21-16-11-12-17-18(13-16)23(5)19(24)22(17)4/h7-13,21H,6H2,1-5H3. The summed E-state index contributed by atoms with van der Waals surface area (Å²) in [4.78, 5) is 12.0. The van der Waals surface area contributed by atoms with Crippen molar-refractivity contribution in [3.8, 4) is 0 Å². The van der Waals surface area contributed by atoms with Crippen LogP contribution in [0.1, 0.15) is 32.8 Å². The molecule has 3 rings (SSSR count). The minimum atomic E-state index is -0.00620. The molecule has 1 heterocycles. The van der Waals surface area contributed by atoms with E-state index in [0.29, 0.717) is 0 Å². The van der Waals surface area contributed by atoms with E-state index in [1.54, 1.807) is 23.2 Å². The first-order chi connectivity index (χ1) is 11.3. The van der Waals surface area contributed by atoms with Gasteiger partial charge >= 0.3 is 5.69 Å². The molecule has 0 aliphatic rings. The summed E-state index contributed by atoms with van der Waals surface area (Å²) >= 11 is 0. The van der Waals surface area contributed by atoms with Crippen molar-refractivity contribution in [2.75, 3.05) is 5.32 Å². The molecule has 4 nitrogen and oxygen atoms in total. The van der Waals surface area contributed by atoms with Gasteiger partial charge in [0.2, 0.25) is 0 Å². The molecule has 1 aromatic heterocycles. The summed E-state index contributed by atoms with van der Waals surface area (Å²) in [7, 11) is 3.60. The van der Waals surface area contributed by atoms with Crippen LogP contribution in [0.25, 0.3) is 11.0 Å². The van der Waals surface area contributed by atoms with E-state index in [9.17, 15) is 4.79 Å². The minimum Gasteiger partial charge on any atom is -0.355 e. The second-order valence-electron chi connectivity index (χ2n) is 7.04. The Morgan fingerprint density at radius 1 is 0.917 bits per heavy atom. The van der Waals surface area contributed by atoms with Gasteiger partial charge in [0.15, 0.2) is 0 Å². The molecule has 0 atom stereocenters. The van der Waals surface area contributed by atoms with E-state index < -0.39 is 0 Å². The Hall–Kier alpha value is -2.49. The molecule has 0 spiro atoms. The SMILES string of the molecule is CCC(C)(C)c1ccc(Nc2ccc3c(c2)n(C)c(=O)n3C)cc1. The number of aromatic nitrogens is 2. The lowest BCUT2D eigenvalue weighted by molar-refractivity contribution is 0.506. The van der Waals surface area contributed by atoms with Crippen molar-refractivity contribution in [2.24, 2.45) is 14.1 Å². The molecule has 0 amide bonds. The third-order valence-electron chi connectivity index (χ3n) is 5.11. The Labute approximate surface area is 142 Å². The molecule has 4 heteroatoms. The Morgan fingerprint density at radius 3 is 2.12 bits per heavy atom. The summed E-state index contributed by atoms with van der Waals surface area (Å²) in [5.74, 6) is 0. The second-order valence-corrected chi connectivity index (χ2v) is 7.04. The van der Waals surface area contributed by atoms with Gasteiger partial charge in [0, 0.05) is 25.5 Å². The Morgan fingerprint density at radius 2 is 1.50 bits per heavy atom. The van der Waals surface area contributed by atoms with E-state index in [1.165, 1.54) is 5.56 Å². The molecule has 24 heavy (non-hydrogen) atoms. The van der Waals surface area contributed by atoms with E-state index in [1.807, 2.05) is 18.2 Å². The molecular formula is C20H25N3O. The fourth-order valence-corrected chi connectivity index (χ4v) is 2.96. The van der Waals surface area contributed by atoms with E-state index in [4.69, 9.17) is 0 Å². The zero-order chi connectivity index (χ0) is 17.5.